The van der Waals surface area contributed by atoms with Crippen LogP contribution < -0.4 is 14.8 Å². The predicted octanol–water partition coefficient (Wildman–Crippen LogP) is 2.16. The van der Waals surface area contributed by atoms with Crippen molar-refractivity contribution < 1.29 is 29.1 Å². The van der Waals surface area contributed by atoms with Gasteiger partial charge in [-0.3, -0.25) is 19.7 Å². The molecule has 1 aliphatic rings. The molecule has 1 amide bonds. The zero-order valence-corrected chi connectivity index (χ0v) is 15.4. The molecule has 9 nitrogen and oxygen atoms in total. The molecule has 0 radical (unpaired) electrons. The number of methoxy groups -OCH3 is 2. The topological polar surface area (TPSA) is 128 Å². The number of nitro benzene ring substituents is 1. The number of carbonyl (C=O) groups is 2. The fraction of sp³-hybridized carbons (Fsp3) is 0.556. The van der Waals surface area contributed by atoms with Gasteiger partial charge in [0, 0.05) is 18.0 Å². The molecule has 0 aromatic heterocycles. The highest BCUT2D eigenvalue weighted by atomic mass is 16.6. The summed E-state index contributed by atoms with van der Waals surface area (Å²) < 4.78 is 10.3. The normalized spacial score (nSPS) is 19.2. The Morgan fingerprint density at radius 2 is 1.70 bits per heavy atom. The summed E-state index contributed by atoms with van der Waals surface area (Å²) in [5.41, 5.74) is 0.344. The van der Waals surface area contributed by atoms with E-state index in [0.29, 0.717) is 37.0 Å². The van der Waals surface area contributed by atoms with Crippen molar-refractivity contribution in [3.63, 3.8) is 0 Å². The van der Waals surface area contributed by atoms with Gasteiger partial charge in [0.25, 0.3) is 5.69 Å². The summed E-state index contributed by atoms with van der Waals surface area (Å²) in [5, 5.41) is 23.1. The van der Waals surface area contributed by atoms with Crippen molar-refractivity contribution in [1.82, 2.24) is 5.32 Å². The van der Waals surface area contributed by atoms with E-state index >= 15 is 0 Å². The third-order valence-electron chi connectivity index (χ3n) is 4.92. The van der Waals surface area contributed by atoms with Crippen LogP contribution in [-0.4, -0.2) is 42.7 Å². The van der Waals surface area contributed by atoms with Gasteiger partial charge in [-0.15, -0.1) is 0 Å². The number of rotatable bonds is 8. The van der Waals surface area contributed by atoms with Gasteiger partial charge in [-0.05, 0) is 38.2 Å². The van der Waals surface area contributed by atoms with E-state index in [1.807, 2.05) is 0 Å². The second-order valence-electron chi connectivity index (χ2n) is 6.52. The number of carboxylic acid groups (broad SMARTS) is 1. The average Bonchev–Trinajstić information content (AvgIpc) is 2.67. The zero-order valence-electron chi connectivity index (χ0n) is 15.4. The lowest BCUT2D eigenvalue weighted by atomic mass is 9.81. The first-order valence-electron chi connectivity index (χ1n) is 8.77. The highest BCUT2D eigenvalue weighted by Crippen LogP contribution is 2.34. The van der Waals surface area contributed by atoms with Gasteiger partial charge in [0.05, 0.1) is 31.1 Å². The smallest absolute Gasteiger partial charge is 0.306 e. The van der Waals surface area contributed by atoms with Crippen LogP contribution in [0.25, 0.3) is 0 Å². The van der Waals surface area contributed by atoms with Crippen molar-refractivity contribution in [2.45, 2.75) is 32.1 Å². The van der Waals surface area contributed by atoms with Crippen molar-refractivity contribution >= 4 is 17.6 Å². The Hall–Kier alpha value is -2.84. The van der Waals surface area contributed by atoms with Crippen LogP contribution in [0, 0.1) is 22.0 Å². The number of carboxylic acids is 1. The number of amides is 1. The number of hydrogen-bond donors (Lipinski definition) is 2. The maximum absolute atomic E-state index is 12.3. The third kappa shape index (κ3) is 5.08. The lowest BCUT2D eigenvalue weighted by Gasteiger charge is -2.25. The minimum Gasteiger partial charge on any atom is -0.493 e. The van der Waals surface area contributed by atoms with Gasteiger partial charge < -0.3 is 19.9 Å². The second kappa shape index (κ2) is 9.20. The Morgan fingerprint density at radius 1 is 1.15 bits per heavy atom. The Kier molecular flexibility index (Phi) is 6.98. The molecule has 27 heavy (non-hydrogen) atoms. The van der Waals surface area contributed by atoms with Crippen LogP contribution in [-0.2, 0) is 16.0 Å². The molecule has 9 heteroatoms. The molecular weight excluding hydrogens is 356 g/mol. The van der Waals surface area contributed by atoms with Crippen LogP contribution >= 0.6 is 0 Å². The van der Waals surface area contributed by atoms with Crippen molar-refractivity contribution in [2.24, 2.45) is 11.8 Å². The van der Waals surface area contributed by atoms with Crippen molar-refractivity contribution in [3.8, 4) is 11.5 Å². The van der Waals surface area contributed by atoms with Crippen LogP contribution in [0.15, 0.2) is 12.1 Å². The van der Waals surface area contributed by atoms with Gasteiger partial charge in [0.1, 0.15) is 0 Å². The van der Waals surface area contributed by atoms with Crippen LogP contribution in [0.1, 0.15) is 31.2 Å². The Bertz CT molecular complexity index is 712. The number of nitrogens with one attached hydrogen (secondary N) is 1. The first kappa shape index (κ1) is 20.5. The molecule has 0 spiro atoms. The van der Waals surface area contributed by atoms with E-state index in [2.05, 4.69) is 5.32 Å². The molecule has 0 atom stereocenters. The first-order chi connectivity index (χ1) is 12.9. The van der Waals surface area contributed by atoms with Crippen molar-refractivity contribution in [1.29, 1.82) is 0 Å². The lowest BCUT2D eigenvalue weighted by molar-refractivity contribution is -0.385. The third-order valence-corrected chi connectivity index (χ3v) is 4.92. The SMILES string of the molecule is COc1cc(CCNC(=O)C2CCC(C(=O)O)CC2)c([N+](=O)[O-])cc1OC. The molecule has 0 aliphatic heterocycles. The maximum Gasteiger partial charge on any atom is 0.306 e. The van der Waals surface area contributed by atoms with Crippen LogP contribution in [0.4, 0.5) is 5.69 Å². The summed E-state index contributed by atoms with van der Waals surface area (Å²) in [6.07, 6.45) is 2.34. The molecule has 0 heterocycles. The summed E-state index contributed by atoms with van der Waals surface area (Å²) in [7, 11) is 2.85. The fourth-order valence-electron chi connectivity index (χ4n) is 3.35. The van der Waals surface area contributed by atoms with E-state index in [9.17, 15) is 19.7 Å². The fourth-order valence-corrected chi connectivity index (χ4v) is 3.35. The van der Waals surface area contributed by atoms with Gasteiger partial charge in [-0.2, -0.15) is 0 Å². The maximum atomic E-state index is 12.3. The Balaban J connectivity index is 1.95. The van der Waals surface area contributed by atoms with E-state index in [0.717, 1.165) is 0 Å². The van der Waals surface area contributed by atoms with Gasteiger partial charge in [0.2, 0.25) is 5.91 Å². The van der Waals surface area contributed by atoms with E-state index < -0.39 is 10.9 Å². The number of nitrogens with zero attached hydrogens (tertiary/aromatic N) is 1. The molecule has 0 saturated heterocycles. The lowest BCUT2D eigenvalue weighted by Crippen LogP contribution is -2.35. The predicted molar refractivity (Wildman–Crippen MR) is 96.0 cm³/mol. The van der Waals surface area contributed by atoms with Crippen LogP contribution in [0.2, 0.25) is 0 Å². The molecular formula is C18H24N2O7. The van der Waals surface area contributed by atoms with Gasteiger partial charge in [0.15, 0.2) is 11.5 Å². The second-order valence-corrected chi connectivity index (χ2v) is 6.52. The molecule has 2 rings (SSSR count). The summed E-state index contributed by atoms with van der Waals surface area (Å²) in [6.45, 7) is 0.244. The van der Waals surface area contributed by atoms with Gasteiger partial charge in [-0.25, -0.2) is 0 Å². The molecule has 1 aliphatic carbocycles. The summed E-state index contributed by atoms with van der Waals surface area (Å²) in [4.78, 5) is 34.0. The number of hydrogen-bond acceptors (Lipinski definition) is 6. The van der Waals surface area contributed by atoms with E-state index in [1.54, 1.807) is 6.07 Å². The first-order valence-corrected chi connectivity index (χ1v) is 8.77. The van der Waals surface area contributed by atoms with E-state index in [1.165, 1.54) is 20.3 Å². The standard InChI is InChI=1S/C18H24N2O7/c1-26-15-9-13(14(20(24)25)10-16(15)27-2)7-8-19-17(21)11-3-5-12(6-4-11)18(22)23/h9-12H,3-8H2,1-2H3,(H,19,21)(H,22,23). The molecule has 1 aromatic carbocycles. The van der Waals surface area contributed by atoms with Gasteiger partial charge >= 0.3 is 5.97 Å². The number of carbonyl (C=O) groups excluding carboxylic acids is 1. The molecule has 1 aromatic rings. The summed E-state index contributed by atoms with van der Waals surface area (Å²) in [6, 6.07) is 2.85. The largest absolute Gasteiger partial charge is 0.493 e. The van der Waals surface area contributed by atoms with Crippen LogP contribution in [0.5, 0.6) is 11.5 Å². The van der Waals surface area contributed by atoms with E-state index in [4.69, 9.17) is 14.6 Å². The Morgan fingerprint density at radius 3 is 2.22 bits per heavy atom. The average molecular weight is 380 g/mol. The summed E-state index contributed by atoms with van der Waals surface area (Å²) in [5.74, 6) is -0.871. The van der Waals surface area contributed by atoms with Gasteiger partial charge in [-0.1, -0.05) is 0 Å². The molecule has 148 valence electrons. The molecule has 1 fully saturated rings. The van der Waals surface area contributed by atoms with Crippen molar-refractivity contribution in [3.05, 3.63) is 27.8 Å². The monoisotopic (exact) mass is 380 g/mol. The molecule has 2 N–H and O–H groups in total. The minimum absolute atomic E-state index is 0.0936. The van der Waals surface area contributed by atoms with Crippen LogP contribution in [0.3, 0.4) is 0 Å². The van der Waals surface area contributed by atoms with E-state index in [-0.39, 0.29) is 42.1 Å². The quantitative estimate of drug-likeness (QED) is 0.522. The number of benzene rings is 1. The number of aliphatic carboxylic acids is 1. The highest BCUT2D eigenvalue weighted by molar-refractivity contribution is 5.79. The molecule has 0 bridgehead atoms. The number of nitro groups is 1. The minimum atomic E-state index is -0.811. The molecule has 0 unspecified atom stereocenters. The zero-order chi connectivity index (χ0) is 20.0. The molecule has 1 saturated carbocycles. The summed E-state index contributed by atoms with van der Waals surface area (Å²) >= 11 is 0. The van der Waals surface area contributed by atoms with Crippen molar-refractivity contribution in [2.75, 3.05) is 20.8 Å². The highest BCUT2D eigenvalue weighted by Gasteiger charge is 2.29. The number of ether oxygens (including phenoxy) is 2. The Labute approximate surface area is 156 Å².